The molecule has 0 fully saturated rings. The first-order valence-corrected chi connectivity index (χ1v) is 7.31. The van der Waals surface area contributed by atoms with E-state index in [1.54, 1.807) is 12.1 Å². The third kappa shape index (κ3) is 2.87. The van der Waals surface area contributed by atoms with Crippen molar-refractivity contribution in [2.24, 2.45) is 5.10 Å². The van der Waals surface area contributed by atoms with Gasteiger partial charge in [-0.25, -0.2) is 4.98 Å². The highest BCUT2D eigenvalue weighted by atomic mass is 35.5. The lowest BCUT2D eigenvalue weighted by Crippen LogP contribution is -2.01. The summed E-state index contributed by atoms with van der Waals surface area (Å²) in [4.78, 5) is 4.41. The van der Waals surface area contributed by atoms with E-state index in [9.17, 15) is 5.26 Å². The van der Waals surface area contributed by atoms with Gasteiger partial charge in [0.1, 0.15) is 6.07 Å². The van der Waals surface area contributed by atoms with E-state index < -0.39 is 0 Å². The van der Waals surface area contributed by atoms with Gasteiger partial charge in [-0.15, -0.1) is 11.3 Å². The Kier molecular flexibility index (Phi) is 3.82. The van der Waals surface area contributed by atoms with Crippen molar-refractivity contribution in [3.63, 3.8) is 0 Å². The highest BCUT2D eigenvalue weighted by molar-refractivity contribution is 7.20. The Labute approximate surface area is 130 Å². The van der Waals surface area contributed by atoms with Crippen LogP contribution in [-0.2, 0) is 0 Å². The molecule has 0 bridgehead atoms. The van der Waals surface area contributed by atoms with Gasteiger partial charge in [-0.2, -0.15) is 10.4 Å². The van der Waals surface area contributed by atoms with Gasteiger partial charge < -0.3 is 0 Å². The molecule has 1 N–H and O–H groups in total. The standard InChI is InChI=1S/C15H9ClN4S/c16-10-5-1-2-6-11(10)19-20-13(9-17)15-18-12-7-3-4-8-14(12)21-15/h1-8,19H/b20-13+. The number of benzene rings is 2. The average molecular weight is 313 g/mol. The fourth-order valence-corrected chi connectivity index (χ4v) is 2.85. The second-order valence-electron chi connectivity index (χ2n) is 4.15. The molecule has 0 aliphatic heterocycles. The van der Waals surface area contributed by atoms with Crippen LogP contribution in [0.1, 0.15) is 5.01 Å². The number of thiazole rings is 1. The lowest BCUT2D eigenvalue weighted by atomic mass is 10.3. The van der Waals surface area contributed by atoms with Crippen LogP contribution in [0.25, 0.3) is 10.2 Å². The molecule has 0 radical (unpaired) electrons. The van der Waals surface area contributed by atoms with Gasteiger partial charge in [-0.3, -0.25) is 5.43 Å². The van der Waals surface area contributed by atoms with Crippen LogP contribution < -0.4 is 5.43 Å². The van der Waals surface area contributed by atoms with E-state index in [0.717, 1.165) is 10.2 Å². The third-order valence-electron chi connectivity index (χ3n) is 2.76. The summed E-state index contributed by atoms with van der Waals surface area (Å²) in [5.41, 5.74) is 4.55. The van der Waals surface area contributed by atoms with Crippen molar-refractivity contribution in [3.05, 3.63) is 58.6 Å². The Morgan fingerprint density at radius 2 is 1.95 bits per heavy atom. The number of fused-ring (bicyclic) bond motifs is 1. The number of hydrogen-bond acceptors (Lipinski definition) is 5. The van der Waals surface area contributed by atoms with Gasteiger partial charge in [0.2, 0.25) is 0 Å². The van der Waals surface area contributed by atoms with E-state index in [1.165, 1.54) is 11.3 Å². The minimum Gasteiger partial charge on any atom is -0.276 e. The molecule has 102 valence electrons. The molecule has 4 nitrogen and oxygen atoms in total. The van der Waals surface area contributed by atoms with E-state index in [2.05, 4.69) is 21.6 Å². The molecule has 1 aromatic heterocycles. The summed E-state index contributed by atoms with van der Waals surface area (Å²) in [6.07, 6.45) is 0. The van der Waals surface area contributed by atoms with Crippen LogP contribution in [0.2, 0.25) is 5.02 Å². The van der Waals surface area contributed by atoms with Crippen molar-refractivity contribution in [1.82, 2.24) is 4.98 Å². The monoisotopic (exact) mass is 312 g/mol. The predicted octanol–water partition coefficient (Wildman–Crippen LogP) is 4.29. The Morgan fingerprint density at radius 1 is 1.19 bits per heavy atom. The van der Waals surface area contributed by atoms with E-state index in [0.29, 0.717) is 15.7 Å². The number of para-hydroxylation sites is 2. The first-order valence-electron chi connectivity index (χ1n) is 6.12. The number of nitriles is 1. The molecule has 3 aromatic rings. The topological polar surface area (TPSA) is 61.1 Å². The normalized spacial score (nSPS) is 11.3. The largest absolute Gasteiger partial charge is 0.276 e. The molecule has 0 aliphatic rings. The van der Waals surface area contributed by atoms with Crippen LogP contribution in [0.5, 0.6) is 0 Å². The minimum atomic E-state index is 0.233. The molecular formula is C15H9ClN4S. The molecule has 6 heteroatoms. The predicted molar refractivity (Wildman–Crippen MR) is 86.8 cm³/mol. The molecule has 0 aliphatic carbocycles. The molecule has 0 saturated heterocycles. The van der Waals surface area contributed by atoms with Crippen molar-refractivity contribution in [2.45, 2.75) is 0 Å². The average Bonchev–Trinajstić information content (AvgIpc) is 2.93. The Balaban J connectivity index is 1.93. The first-order chi connectivity index (χ1) is 10.3. The van der Waals surface area contributed by atoms with Crippen molar-refractivity contribution in [3.8, 4) is 6.07 Å². The summed E-state index contributed by atoms with van der Waals surface area (Å²) >= 11 is 7.47. The molecule has 1 heterocycles. The lowest BCUT2D eigenvalue weighted by molar-refractivity contribution is 1.32. The summed E-state index contributed by atoms with van der Waals surface area (Å²) in [5, 5.41) is 14.5. The number of nitrogens with one attached hydrogen (secondary N) is 1. The third-order valence-corrected chi connectivity index (χ3v) is 4.14. The number of nitrogens with zero attached hydrogens (tertiary/aromatic N) is 3. The van der Waals surface area contributed by atoms with E-state index in [1.807, 2.05) is 36.4 Å². The zero-order valence-electron chi connectivity index (χ0n) is 10.7. The summed E-state index contributed by atoms with van der Waals surface area (Å²) < 4.78 is 1.02. The van der Waals surface area contributed by atoms with Crippen LogP contribution in [0.15, 0.2) is 53.6 Å². The Hall–Kier alpha value is -2.42. The number of hydrazone groups is 1. The molecule has 0 unspecified atom stereocenters. The maximum atomic E-state index is 9.26. The van der Waals surface area contributed by atoms with E-state index >= 15 is 0 Å². The fraction of sp³-hybridized carbons (Fsp3) is 0. The highest BCUT2D eigenvalue weighted by Gasteiger charge is 2.10. The van der Waals surface area contributed by atoms with Gasteiger partial charge in [0.05, 0.1) is 20.9 Å². The van der Waals surface area contributed by atoms with Crippen molar-refractivity contribution < 1.29 is 0 Å². The molecule has 21 heavy (non-hydrogen) atoms. The summed E-state index contributed by atoms with van der Waals surface area (Å²) in [6.45, 7) is 0. The van der Waals surface area contributed by atoms with Crippen LogP contribution in [-0.4, -0.2) is 10.7 Å². The van der Waals surface area contributed by atoms with E-state index in [-0.39, 0.29) is 5.71 Å². The van der Waals surface area contributed by atoms with E-state index in [4.69, 9.17) is 11.6 Å². The fourth-order valence-electron chi connectivity index (χ4n) is 1.76. The molecule has 0 saturated carbocycles. The Morgan fingerprint density at radius 3 is 2.71 bits per heavy atom. The Bertz CT molecular complexity index is 830. The number of aromatic nitrogens is 1. The molecule has 0 amide bonds. The number of hydrogen-bond donors (Lipinski definition) is 1. The molecule has 0 atom stereocenters. The van der Waals surface area contributed by atoms with Crippen LogP contribution in [0, 0.1) is 11.3 Å². The van der Waals surface area contributed by atoms with Crippen LogP contribution in [0.3, 0.4) is 0 Å². The van der Waals surface area contributed by atoms with Gasteiger partial charge in [-0.05, 0) is 24.3 Å². The lowest BCUT2D eigenvalue weighted by Gasteiger charge is -2.02. The zero-order valence-corrected chi connectivity index (χ0v) is 12.3. The number of halogens is 1. The molecule has 3 rings (SSSR count). The summed E-state index contributed by atoms with van der Waals surface area (Å²) in [7, 11) is 0. The van der Waals surface area contributed by atoms with Crippen LogP contribution in [0.4, 0.5) is 5.69 Å². The second kappa shape index (κ2) is 5.92. The first kappa shape index (κ1) is 13.6. The second-order valence-corrected chi connectivity index (χ2v) is 5.59. The maximum Gasteiger partial charge on any atom is 0.196 e. The quantitative estimate of drug-likeness (QED) is 0.579. The van der Waals surface area contributed by atoms with Crippen LogP contribution >= 0.6 is 22.9 Å². The zero-order chi connectivity index (χ0) is 14.7. The summed E-state index contributed by atoms with van der Waals surface area (Å²) in [6, 6.07) is 17.0. The molecule has 0 spiro atoms. The smallest absolute Gasteiger partial charge is 0.196 e. The maximum absolute atomic E-state index is 9.26. The van der Waals surface area contributed by atoms with Gasteiger partial charge in [-0.1, -0.05) is 35.9 Å². The van der Waals surface area contributed by atoms with Gasteiger partial charge >= 0.3 is 0 Å². The van der Waals surface area contributed by atoms with Crippen molar-refractivity contribution in [1.29, 1.82) is 5.26 Å². The van der Waals surface area contributed by atoms with Gasteiger partial charge in [0, 0.05) is 0 Å². The van der Waals surface area contributed by atoms with Crippen molar-refractivity contribution in [2.75, 3.05) is 5.43 Å². The van der Waals surface area contributed by atoms with Gasteiger partial charge in [0.25, 0.3) is 0 Å². The summed E-state index contributed by atoms with van der Waals surface area (Å²) in [5.74, 6) is 0. The number of rotatable bonds is 3. The van der Waals surface area contributed by atoms with Gasteiger partial charge in [0.15, 0.2) is 10.7 Å². The highest BCUT2D eigenvalue weighted by Crippen LogP contribution is 2.23. The molecular weight excluding hydrogens is 304 g/mol. The minimum absolute atomic E-state index is 0.233. The van der Waals surface area contributed by atoms with Crippen molar-refractivity contribution >= 4 is 44.6 Å². The number of anilines is 1. The SMILES string of the molecule is N#C/C(=N\Nc1ccccc1Cl)c1nc2ccccc2s1. The molecule has 2 aromatic carbocycles.